The molecule has 0 radical (unpaired) electrons. The molecule has 0 atom stereocenters. The summed E-state index contributed by atoms with van der Waals surface area (Å²) in [5.41, 5.74) is 1.17. The van der Waals surface area contributed by atoms with Gasteiger partial charge >= 0.3 is 5.97 Å². The highest BCUT2D eigenvalue weighted by Gasteiger charge is 2.29. The lowest BCUT2D eigenvalue weighted by Crippen LogP contribution is -2.26. The number of methoxy groups -OCH3 is 1. The van der Waals surface area contributed by atoms with Gasteiger partial charge in [-0.2, -0.15) is 0 Å². The van der Waals surface area contributed by atoms with Crippen molar-refractivity contribution in [1.29, 1.82) is 0 Å². The minimum absolute atomic E-state index is 0.0787. The second kappa shape index (κ2) is 4.71. The molecular formula is C9H12N2O4S2. The van der Waals surface area contributed by atoms with Gasteiger partial charge in [0.1, 0.15) is 0 Å². The first-order valence-electron chi connectivity index (χ1n) is 5.06. The Bertz CT molecular complexity index is 519. The molecule has 0 aromatic carbocycles. The highest BCUT2D eigenvalue weighted by molar-refractivity contribution is 7.91. The lowest BCUT2D eigenvalue weighted by atomic mass is 10.4. The van der Waals surface area contributed by atoms with Crippen LogP contribution in [0.5, 0.6) is 0 Å². The number of aromatic nitrogens is 1. The molecule has 1 aliphatic carbocycles. The van der Waals surface area contributed by atoms with E-state index in [2.05, 4.69) is 14.4 Å². The quantitative estimate of drug-likeness (QED) is 0.797. The van der Waals surface area contributed by atoms with Gasteiger partial charge in [-0.1, -0.05) is 0 Å². The van der Waals surface area contributed by atoms with E-state index in [1.807, 2.05) is 0 Å². The summed E-state index contributed by atoms with van der Waals surface area (Å²) >= 11 is 0.910. The molecule has 1 saturated carbocycles. The van der Waals surface area contributed by atoms with E-state index in [1.165, 1.54) is 12.6 Å². The van der Waals surface area contributed by atoms with Crippen LogP contribution in [0.25, 0.3) is 0 Å². The predicted molar refractivity (Wildman–Crippen MR) is 61.4 cm³/mol. The van der Waals surface area contributed by atoms with Crippen LogP contribution in [0.1, 0.15) is 23.3 Å². The largest absolute Gasteiger partial charge is 0.464 e. The third kappa shape index (κ3) is 2.82. The minimum atomic E-state index is -3.65. The molecule has 8 heteroatoms. The van der Waals surface area contributed by atoms with E-state index >= 15 is 0 Å². The maximum atomic E-state index is 11.9. The number of rotatable bonds is 5. The van der Waals surface area contributed by atoms with Crippen LogP contribution in [0.4, 0.5) is 0 Å². The number of ether oxygens (including phenoxy) is 1. The molecule has 0 aliphatic heterocycles. The van der Waals surface area contributed by atoms with Crippen LogP contribution in [0.2, 0.25) is 0 Å². The second-order valence-electron chi connectivity index (χ2n) is 3.78. The highest BCUT2D eigenvalue weighted by Crippen LogP contribution is 2.28. The number of hydrogen-bond donors (Lipinski definition) is 1. The molecule has 0 unspecified atom stereocenters. The molecule has 1 aromatic heterocycles. The Morgan fingerprint density at radius 2 is 2.35 bits per heavy atom. The Hall–Kier alpha value is -0.990. The zero-order chi connectivity index (χ0) is 12.5. The lowest BCUT2D eigenvalue weighted by Gasteiger charge is -2.04. The molecule has 1 N–H and O–H groups in total. The van der Waals surface area contributed by atoms with Gasteiger partial charge in [0.05, 0.1) is 12.6 Å². The van der Waals surface area contributed by atoms with Crippen molar-refractivity contribution in [2.45, 2.75) is 17.1 Å². The Morgan fingerprint density at radius 1 is 1.65 bits per heavy atom. The number of carbonyl (C=O) groups excluding carboxylic acids is 1. The Kier molecular flexibility index (Phi) is 3.45. The van der Waals surface area contributed by atoms with Gasteiger partial charge in [-0.05, 0) is 18.8 Å². The minimum Gasteiger partial charge on any atom is -0.464 e. The van der Waals surface area contributed by atoms with E-state index < -0.39 is 16.0 Å². The number of hydrogen-bond acceptors (Lipinski definition) is 6. The lowest BCUT2D eigenvalue weighted by molar-refractivity contribution is 0.0590. The number of sulfonamides is 1. The Labute approximate surface area is 103 Å². The molecular weight excluding hydrogens is 264 g/mol. The van der Waals surface area contributed by atoms with Gasteiger partial charge < -0.3 is 4.74 Å². The summed E-state index contributed by atoms with van der Waals surface area (Å²) < 4.78 is 30.7. The van der Waals surface area contributed by atoms with E-state index in [0.717, 1.165) is 24.2 Å². The summed E-state index contributed by atoms with van der Waals surface area (Å²) in [7, 11) is -2.46. The molecule has 0 saturated heterocycles. The maximum Gasteiger partial charge on any atom is 0.358 e. The van der Waals surface area contributed by atoms with E-state index in [1.54, 1.807) is 0 Å². The number of esters is 1. The molecule has 6 nitrogen and oxygen atoms in total. The van der Waals surface area contributed by atoms with E-state index in [4.69, 9.17) is 0 Å². The van der Waals surface area contributed by atoms with E-state index in [9.17, 15) is 13.2 Å². The zero-order valence-electron chi connectivity index (χ0n) is 9.17. The molecule has 0 amide bonds. The fourth-order valence-electron chi connectivity index (χ4n) is 1.27. The van der Waals surface area contributed by atoms with Crippen LogP contribution in [-0.2, 0) is 14.8 Å². The smallest absolute Gasteiger partial charge is 0.358 e. The van der Waals surface area contributed by atoms with Gasteiger partial charge in [-0.3, -0.25) is 0 Å². The SMILES string of the molecule is COC(=O)c1ncsc1S(=O)(=O)NCC1CC1. The number of nitrogens with one attached hydrogen (secondary N) is 1. The van der Waals surface area contributed by atoms with Crippen molar-refractivity contribution in [3.8, 4) is 0 Å². The summed E-state index contributed by atoms with van der Waals surface area (Å²) in [5.74, 6) is -0.308. The molecule has 2 rings (SSSR count). The van der Waals surface area contributed by atoms with Crippen molar-refractivity contribution in [1.82, 2.24) is 9.71 Å². The fourth-order valence-corrected chi connectivity index (χ4v) is 3.56. The van der Waals surface area contributed by atoms with Gasteiger partial charge in [-0.25, -0.2) is 22.9 Å². The van der Waals surface area contributed by atoms with Crippen molar-refractivity contribution < 1.29 is 17.9 Å². The van der Waals surface area contributed by atoms with Crippen molar-refractivity contribution in [2.75, 3.05) is 13.7 Å². The van der Waals surface area contributed by atoms with Crippen molar-refractivity contribution in [2.24, 2.45) is 5.92 Å². The average Bonchev–Trinajstić information content (AvgIpc) is 3.00. The van der Waals surface area contributed by atoms with Gasteiger partial charge in [0.2, 0.25) is 0 Å². The van der Waals surface area contributed by atoms with Crippen LogP contribution in [-0.4, -0.2) is 33.0 Å². The number of thiazole rings is 1. The van der Waals surface area contributed by atoms with Gasteiger partial charge in [0.25, 0.3) is 10.0 Å². The van der Waals surface area contributed by atoms with E-state index in [0.29, 0.717) is 12.5 Å². The van der Waals surface area contributed by atoms with Crippen molar-refractivity contribution >= 4 is 27.3 Å². The normalized spacial score (nSPS) is 15.8. The maximum absolute atomic E-state index is 11.9. The van der Waals surface area contributed by atoms with E-state index in [-0.39, 0.29) is 9.90 Å². The monoisotopic (exact) mass is 276 g/mol. The van der Waals surface area contributed by atoms with Gasteiger partial charge in [-0.15, -0.1) is 11.3 Å². The summed E-state index contributed by atoms with van der Waals surface area (Å²) in [5, 5.41) is 0. The van der Waals surface area contributed by atoms with Crippen molar-refractivity contribution in [3.63, 3.8) is 0 Å². The second-order valence-corrected chi connectivity index (χ2v) is 6.59. The standard InChI is InChI=1S/C9H12N2O4S2/c1-15-8(12)7-9(16-5-10-7)17(13,14)11-4-6-2-3-6/h5-6,11H,2-4H2,1H3. The first-order chi connectivity index (χ1) is 8.04. The predicted octanol–water partition coefficient (Wildman–Crippen LogP) is 0.618. The first kappa shape index (κ1) is 12.5. The van der Waals surface area contributed by atoms with Crippen molar-refractivity contribution in [3.05, 3.63) is 11.2 Å². The third-order valence-corrected chi connectivity index (χ3v) is 5.21. The highest BCUT2D eigenvalue weighted by atomic mass is 32.2. The van der Waals surface area contributed by atoms with Crippen LogP contribution >= 0.6 is 11.3 Å². The fraction of sp³-hybridized carbons (Fsp3) is 0.556. The molecule has 1 aliphatic rings. The summed E-state index contributed by atoms with van der Waals surface area (Å²) in [6.45, 7) is 0.418. The number of carbonyl (C=O) groups is 1. The first-order valence-corrected chi connectivity index (χ1v) is 7.42. The molecule has 17 heavy (non-hydrogen) atoms. The van der Waals surface area contributed by atoms with Crippen LogP contribution in [0.3, 0.4) is 0 Å². The molecule has 1 heterocycles. The molecule has 0 spiro atoms. The number of nitrogens with zero attached hydrogens (tertiary/aromatic N) is 1. The molecule has 1 aromatic rings. The van der Waals surface area contributed by atoms with Crippen LogP contribution < -0.4 is 4.72 Å². The van der Waals surface area contributed by atoms with Gasteiger partial charge in [0, 0.05) is 6.54 Å². The van der Waals surface area contributed by atoms with Crippen LogP contribution in [0.15, 0.2) is 9.72 Å². The summed E-state index contributed by atoms with van der Waals surface area (Å²) in [6.07, 6.45) is 2.10. The third-order valence-electron chi connectivity index (χ3n) is 2.42. The summed E-state index contributed by atoms with van der Waals surface area (Å²) in [4.78, 5) is 15.0. The molecule has 94 valence electrons. The molecule has 0 bridgehead atoms. The Morgan fingerprint density at radius 3 is 2.94 bits per heavy atom. The molecule has 1 fully saturated rings. The topological polar surface area (TPSA) is 85.4 Å². The Balaban J connectivity index is 2.19. The van der Waals surface area contributed by atoms with Gasteiger partial charge in [0.15, 0.2) is 9.90 Å². The summed E-state index contributed by atoms with van der Waals surface area (Å²) in [6, 6.07) is 0. The average molecular weight is 276 g/mol. The zero-order valence-corrected chi connectivity index (χ0v) is 10.8. The van der Waals surface area contributed by atoms with Crippen LogP contribution in [0, 0.1) is 5.92 Å².